The van der Waals surface area contributed by atoms with Gasteiger partial charge in [-0.3, -0.25) is 14.7 Å². The van der Waals surface area contributed by atoms with Crippen LogP contribution < -0.4 is 5.32 Å². The minimum absolute atomic E-state index is 0.0289. The fourth-order valence-corrected chi connectivity index (χ4v) is 2.70. The average Bonchev–Trinajstić information content (AvgIpc) is 2.55. The molecular formula is C20H25N3O. The minimum atomic E-state index is -0.553. The van der Waals surface area contributed by atoms with Gasteiger partial charge < -0.3 is 5.32 Å². The quantitative estimate of drug-likeness (QED) is 0.750. The standard InChI is InChI=1S/C20H25N3O/c1-5-13-23(14-6-2)15-20(3,4)19(24)22-17-11-7-9-16-10-8-12-21-18(16)17/h5-12H,1-2,13-15H2,3-4H3,(H,22,24). The summed E-state index contributed by atoms with van der Waals surface area (Å²) in [6.07, 6.45) is 5.41. The van der Waals surface area contributed by atoms with E-state index in [0.29, 0.717) is 6.54 Å². The predicted octanol–water partition coefficient (Wildman–Crippen LogP) is 3.87. The number of anilines is 1. The van der Waals surface area contributed by atoms with Crippen molar-refractivity contribution in [2.45, 2.75) is 13.8 Å². The van der Waals surface area contributed by atoms with Crippen molar-refractivity contribution in [2.75, 3.05) is 25.0 Å². The highest BCUT2D eigenvalue weighted by Crippen LogP contribution is 2.24. The molecule has 0 bridgehead atoms. The van der Waals surface area contributed by atoms with Gasteiger partial charge >= 0.3 is 0 Å². The van der Waals surface area contributed by atoms with Gasteiger partial charge in [0.1, 0.15) is 0 Å². The summed E-state index contributed by atoms with van der Waals surface area (Å²) in [5.74, 6) is -0.0289. The van der Waals surface area contributed by atoms with Gasteiger partial charge in [-0.05, 0) is 26.0 Å². The van der Waals surface area contributed by atoms with Crippen molar-refractivity contribution in [3.05, 3.63) is 61.8 Å². The van der Waals surface area contributed by atoms with E-state index in [1.165, 1.54) is 0 Å². The zero-order chi connectivity index (χ0) is 17.6. The Kier molecular flexibility index (Phi) is 5.88. The van der Waals surface area contributed by atoms with Gasteiger partial charge in [0.25, 0.3) is 0 Å². The Hall–Kier alpha value is -2.46. The van der Waals surface area contributed by atoms with Crippen LogP contribution in [0.5, 0.6) is 0 Å². The van der Waals surface area contributed by atoms with Crippen molar-refractivity contribution in [3.63, 3.8) is 0 Å². The summed E-state index contributed by atoms with van der Waals surface area (Å²) in [7, 11) is 0. The largest absolute Gasteiger partial charge is 0.324 e. The molecule has 4 nitrogen and oxygen atoms in total. The van der Waals surface area contributed by atoms with Gasteiger partial charge in [-0.25, -0.2) is 0 Å². The number of amides is 1. The molecule has 0 saturated heterocycles. The van der Waals surface area contributed by atoms with Crippen molar-refractivity contribution in [2.24, 2.45) is 5.41 Å². The van der Waals surface area contributed by atoms with E-state index in [-0.39, 0.29) is 5.91 Å². The van der Waals surface area contributed by atoms with E-state index in [2.05, 4.69) is 28.4 Å². The van der Waals surface area contributed by atoms with Crippen molar-refractivity contribution in [3.8, 4) is 0 Å². The van der Waals surface area contributed by atoms with E-state index in [1.807, 2.05) is 56.3 Å². The van der Waals surface area contributed by atoms with Crippen LogP contribution in [0.15, 0.2) is 61.8 Å². The Morgan fingerprint density at radius 1 is 1.21 bits per heavy atom. The first-order chi connectivity index (χ1) is 11.5. The number of benzene rings is 1. The Labute approximate surface area is 143 Å². The summed E-state index contributed by atoms with van der Waals surface area (Å²) in [5.41, 5.74) is 0.992. The lowest BCUT2D eigenvalue weighted by atomic mass is 9.91. The second-order valence-electron chi connectivity index (χ2n) is 6.49. The second-order valence-corrected chi connectivity index (χ2v) is 6.49. The number of carbonyl (C=O) groups is 1. The number of para-hydroxylation sites is 1. The summed E-state index contributed by atoms with van der Waals surface area (Å²) >= 11 is 0. The number of rotatable bonds is 8. The summed E-state index contributed by atoms with van der Waals surface area (Å²) in [5, 5.41) is 4.04. The molecule has 1 N–H and O–H groups in total. The van der Waals surface area contributed by atoms with E-state index in [1.54, 1.807) is 6.20 Å². The molecule has 24 heavy (non-hydrogen) atoms. The van der Waals surface area contributed by atoms with Gasteiger partial charge in [0, 0.05) is 31.2 Å². The maximum absolute atomic E-state index is 12.8. The molecule has 0 unspecified atom stereocenters. The topological polar surface area (TPSA) is 45.2 Å². The molecule has 1 amide bonds. The lowest BCUT2D eigenvalue weighted by Crippen LogP contribution is -2.42. The Morgan fingerprint density at radius 3 is 2.54 bits per heavy atom. The fraction of sp³-hybridized carbons (Fsp3) is 0.300. The van der Waals surface area contributed by atoms with Gasteiger partial charge in [0.2, 0.25) is 5.91 Å². The normalized spacial score (nSPS) is 11.5. The van der Waals surface area contributed by atoms with E-state index in [9.17, 15) is 4.79 Å². The second kappa shape index (κ2) is 7.88. The highest BCUT2D eigenvalue weighted by atomic mass is 16.2. The Bertz CT molecular complexity index is 721. The molecule has 0 aliphatic heterocycles. The van der Waals surface area contributed by atoms with Gasteiger partial charge in [-0.2, -0.15) is 0 Å². The zero-order valence-electron chi connectivity index (χ0n) is 14.5. The maximum atomic E-state index is 12.8. The van der Waals surface area contributed by atoms with E-state index in [0.717, 1.165) is 29.7 Å². The van der Waals surface area contributed by atoms with Crippen molar-refractivity contribution in [1.82, 2.24) is 9.88 Å². The van der Waals surface area contributed by atoms with Crippen molar-refractivity contribution < 1.29 is 4.79 Å². The number of nitrogens with one attached hydrogen (secondary N) is 1. The third-order valence-electron chi connectivity index (χ3n) is 3.89. The lowest BCUT2D eigenvalue weighted by Gasteiger charge is -2.30. The Balaban J connectivity index is 2.17. The number of aromatic nitrogens is 1. The summed E-state index contributed by atoms with van der Waals surface area (Å²) in [6, 6.07) is 9.67. The molecule has 0 fully saturated rings. The van der Waals surface area contributed by atoms with Crippen LogP contribution in [0.1, 0.15) is 13.8 Å². The molecule has 0 aliphatic rings. The monoisotopic (exact) mass is 323 g/mol. The van der Waals surface area contributed by atoms with Gasteiger partial charge in [0.15, 0.2) is 0 Å². The number of fused-ring (bicyclic) bond motifs is 1. The maximum Gasteiger partial charge on any atom is 0.231 e. The molecular weight excluding hydrogens is 298 g/mol. The van der Waals surface area contributed by atoms with E-state index in [4.69, 9.17) is 0 Å². The summed E-state index contributed by atoms with van der Waals surface area (Å²) < 4.78 is 0. The molecule has 0 radical (unpaired) electrons. The molecule has 0 atom stereocenters. The first-order valence-electron chi connectivity index (χ1n) is 8.07. The van der Waals surface area contributed by atoms with Crippen LogP contribution in [-0.2, 0) is 4.79 Å². The molecule has 0 aliphatic carbocycles. The van der Waals surface area contributed by atoms with Crippen LogP contribution >= 0.6 is 0 Å². The van der Waals surface area contributed by atoms with Crippen LogP contribution in [0.2, 0.25) is 0 Å². The number of pyridine rings is 1. The molecule has 4 heteroatoms. The molecule has 2 aromatic rings. The molecule has 126 valence electrons. The zero-order valence-corrected chi connectivity index (χ0v) is 14.5. The molecule has 0 saturated carbocycles. The van der Waals surface area contributed by atoms with Gasteiger partial charge in [0.05, 0.1) is 16.6 Å². The number of carbonyl (C=O) groups excluding carboxylic acids is 1. The Morgan fingerprint density at radius 2 is 1.88 bits per heavy atom. The van der Waals surface area contributed by atoms with E-state index >= 15 is 0 Å². The molecule has 1 aromatic carbocycles. The predicted molar refractivity (Wildman–Crippen MR) is 101 cm³/mol. The van der Waals surface area contributed by atoms with Crippen LogP contribution in [0.4, 0.5) is 5.69 Å². The minimum Gasteiger partial charge on any atom is -0.324 e. The number of hydrogen-bond donors (Lipinski definition) is 1. The fourth-order valence-electron chi connectivity index (χ4n) is 2.70. The summed E-state index contributed by atoms with van der Waals surface area (Å²) in [6.45, 7) is 13.5. The SMILES string of the molecule is C=CCN(CC=C)CC(C)(C)C(=O)Nc1cccc2cccnc12. The van der Waals surface area contributed by atoms with Crippen LogP contribution in [0.3, 0.4) is 0 Å². The van der Waals surface area contributed by atoms with Gasteiger partial charge in [-0.15, -0.1) is 13.2 Å². The highest BCUT2D eigenvalue weighted by molar-refractivity contribution is 6.02. The van der Waals surface area contributed by atoms with E-state index < -0.39 is 5.41 Å². The first kappa shape index (κ1) is 17.9. The van der Waals surface area contributed by atoms with Crippen molar-refractivity contribution in [1.29, 1.82) is 0 Å². The van der Waals surface area contributed by atoms with Crippen LogP contribution in [0.25, 0.3) is 10.9 Å². The van der Waals surface area contributed by atoms with Crippen molar-refractivity contribution >= 4 is 22.5 Å². The smallest absolute Gasteiger partial charge is 0.231 e. The molecule has 0 spiro atoms. The number of nitrogens with zero attached hydrogens (tertiary/aromatic N) is 2. The lowest BCUT2D eigenvalue weighted by molar-refractivity contribution is -0.124. The average molecular weight is 323 g/mol. The molecule has 2 rings (SSSR count). The third kappa shape index (κ3) is 4.30. The third-order valence-corrected chi connectivity index (χ3v) is 3.89. The molecule has 1 aromatic heterocycles. The van der Waals surface area contributed by atoms with Crippen LogP contribution in [0, 0.1) is 5.41 Å². The van der Waals surface area contributed by atoms with Gasteiger partial charge in [-0.1, -0.05) is 30.4 Å². The first-order valence-corrected chi connectivity index (χ1v) is 8.07. The highest BCUT2D eigenvalue weighted by Gasteiger charge is 2.30. The summed E-state index contributed by atoms with van der Waals surface area (Å²) in [4.78, 5) is 19.3. The molecule has 1 heterocycles. The van der Waals surface area contributed by atoms with Crippen LogP contribution in [-0.4, -0.2) is 35.4 Å². The number of hydrogen-bond acceptors (Lipinski definition) is 3.